The van der Waals surface area contributed by atoms with Crippen LogP contribution in [0.1, 0.15) is 27.0 Å². The lowest BCUT2D eigenvalue weighted by atomic mass is 9.98. The van der Waals surface area contributed by atoms with Gasteiger partial charge in [-0.05, 0) is 49.2 Å². The average Bonchev–Trinajstić information content (AvgIpc) is 2.43. The van der Waals surface area contributed by atoms with E-state index in [0.29, 0.717) is 33.7 Å². The molecular weight excluding hydrogens is 257 g/mol. The van der Waals surface area contributed by atoms with Gasteiger partial charge >= 0.3 is 0 Å². The van der Waals surface area contributed by atoms with Crippen molar-refractivity contribution in [2.45, 2.75) is 13.8 Å². The highest BCUT2D eigenvalue weighted by Gasteiger charge is 2.18. The summed E-state index contributed by atoms with van der Waals surface area (Å²) in [4.78, 5) is 12.5. The zero-order chi connectivity index (χ0) is 14.9. The second kappa shape index (κ2) is 5.33. The molecule has 0 spiro atoms. The molecule has 0 atom stereocenters. The highest BCUT2D eigenvalue weighted by atomic mass is 19.1. The molecule has 0 saturated heterocycles. The van der Waals surface area contributed by atoms with Gasteiger partial charge in [0, 0.05) is 5.56 Å². The first-order valence-electron chi connectivity index (χ1n) is 6.19. The molecule has 4 heteroatoms. The van der Waals surface area contributed by atoms with E-state index in [1.165, 1.54) is 19.2 Å². The fraction of sp³-hybridized carbons (Fsp3) is 0.188. The monoisotopic (exact) mass is 273 g/mol. The minimum atomic E-state index is -0.291. The Hall–Kier alpha value is -2.36. The second-order valence-electron chi connectivity index (χ2n) is 4.68. The van der Waals surface area contributed by atoms with E-state index in [4.69, 9.17) is 10.5 Å². The van der Waals surface area contributed by atoms with Crippen LogP contribution in [0.3, 0.4) is 0 Å². The summed E-state index contributed by atoms with van der Waals surface area (Å²) in [6, 6.07) is 8.07. The van der Waals surface area contributed by atoms with Crippen molar-refractivity contribution in [2.75, 3.05) is 12.8 Å². The van der Waals surface area contributed by atoms with Crippen LogP contribution in [0.15, 0.2) is 30.3 Å². The number of anilines is 1. The molecule has 20 heavy (non-hydrogen) atoms. The van der Waals surface area contributed by atoms with E-state index in [2.05, 4.69) is 0 Å². The fourth-order valence-corrected chi connectivity index (χ4v) is 2.19. The quantitative estimate of drug-likeness (QED) is 0.689. The Balaban J connectivity index is 2.55. The molecule has 0 amide bonds. The number of rotatable bonds is 3. The van der Waals surface area contributed by atoms with Crippen molar-refractivity contribution >= 4 is 11.5 Å². The molecule has 2 aromatic carbocycles. The highest BCUT2D eigenvalue weighted by molar-refractivity contribution is 6.11. The van der Waals surface area contributed by atoms with E-state index in [1.54, 1.807) is 32.0 Å². The number of ether oxygens (including phenoxy) is 1. The standard InChI is InChI=1S/C16H16FNO2/c1-9-7-11(8-10(2)14(9)17)15(19)12-5-4-6-13(18)16(12)20-3/h4-8H,18H2,1-3H3. The van der Waals surface area contributed by atoms with Gasteiger partial charge in [-0.15, -0.1) is 0 Å². The van der Waals surface area contributed by atoms with Crippen LogP contribution in [0.5, 0.6) is 5.75 Å². The number of aryl methyl sites for hydroxylation is 2. The van der Waals surface area contributed by atoms with Gasteiger partial charge in [0.25, 0.3) is 0 Å². The summed E-state index contributed by atoms with van der Waals surface area (Å²) >= 11 is 0. The van der Waals surface area contributed by atoms with E-state index < -0.39 is 0 Å². The first-order valence-corrected chi connectivity index (χ1v) is 6.19. The van der Waals surface area contributed by atoms with Crippen LogP contribution in [-0.4, -0.2) is 12.9 Å². The smallest absolute Gasteiger partial charge is 0.196 e. The van der Waals surface area contributed by atoms with Gasteiger partial charge in [-0.1, -0.05) is 6.07 Å². The van der Waals surface area contributed by atoms with E-state index in [0.717, 1.165) is 0 Å². The molecule has 0 bridgehead atoms. The molecule has 0 fully saturated rings. The number of methoxy groups -OCH3 is 1. The van der Waals surface area contributed by atoms with Gasteiger partial charge in [0.15, 0.2) is 11.5 Å². The van der Waals surface area contributed by atoms with E-state index in [-0.39, 0.29) is 11.6 Å². The molecule has 0 radical (unpaired) electrons. The maximum absolute atomic E-state index is 13.6. The van der Waals surface area contributed by atoms with Crippen LogP contribution in [0.4, 0.5) is 10.1 Å². The number of carbonyl (C=O) groups excluding carboxylic acids is 1. The Morgan fingerprint density at radius 1 is 1.20 bits per heavy atom. The number of nitrogens with two attached hydrogens (primary N) is 1. The normalized spacial score (nSPS) is 10.4. The van der Waals surface area contributed by atoms with Gasteiger partial charge in [0.1, 0.15) is 5.82 Å². The van der Waals surface area contributed by atoms with Crippen molar-refractivity contribution in [1.82, 2.24) is 0 Å². The molecule has 0 aliphatic carbocycles. The van der Waals surface area contributed by atoms with Gasteiger partial charge < -0.3 is 10.5 Å². The Kier molecular flexibility index (Phi) is 3.74. The number of ketones is 1. The van der Waals surface area contributed by atoms with Gasteiger partial charge in [0.05, 0.1) is 18.4 Å². The van der Waals surface area contributed by atoms with E-state index >= 15 is 0 Å². The number of hydrogen-bond donors (Lipinski definition) is 1. The van der Waals surface area contributed by atoms with Crippen molar-refractivity contribution in [3.05, 3.63) is 58.4 Å². The third kappa shape index (κ3) is 2.37. The molecule has 0 saturated carbocycles. The largest absolute Gasteiger partial charge is 0.494 e. The van der Waals surface area contributed by atoms with Crippen molar-refractivity contribution < 1.29 is 13.9 Å². The fourth-order valence-electron chi connectivity index (χ4n) is 2.19. The predicted octanol–water partition coefficient (Wildman–Crippen LogP) is 3.26. The van der Waals surface area contributed by atoms with Gasteiger partial charge in [0.2, 0.25) is 0 Å². The zero-order valence-corrected chi connectivity index (χ0v) is 11.7. The summed E-state index contributed by atoms with van der Waals surface area (Å²) in [7, 11) is 1.46. The van der Waals surface area contributed by atoms with Crippen molar-refractivity contribution in [2.24, 2.45) is 0 Å². The summed E-state index contributed by atoms with van der Waals surface area (Å²) in [5.41, 5.74) is 7.87. The van der Waals surface area contributed by atoms with Crippen molar-refractivity contribution in [1.29, 1.82) is 0 Å². The Labute approximate surface area is 117 Å². The lowest BCUT2D eigenvalue weighted by molar-refractivity contribution is 0.103. The van der Waals surface area contributed by atoms with E-state index in [1.807, 2.05) is 0 Å². The molecule has 0 aliphatic heterocycles. The number of carbonyl (C=O) groups is 1. The topological polar surface area (TPSA) is 52.3 Å². The van der Waals surface area contributed by atoms with Crippen LogP contribution in [0, 0.1) is 19.7 Å². The SMILES string of the molecule is COc1c(N)cccc1C(=O)c1cc(C)c(F)c(C)c1. The van der Waals surface area contributed by atoms with Crippen LogP contribution in [-0.2, 0) is 0 Å². The number of para-hydroxylation sites is 1. The molecule has 0 heterocycles. The maximum Gasteiger partial charge on any atom is 0.196 e. The van der Waals surface area contributed by atoms with Gasteiger partial charge in [-0.2, -0.15) is 0 Å². The first kappa shape index (κ1) is 14.1. The molecular formula is C16H16FNO2. The lowest BCUT2D eigenvalue weighted by Gasteiger charge is -2.11. The molecule has 2 N–H and O–H groups in total. The zero-order valence-electron chi connectivity index (χ0n) is 11.7. The Morgan fingerprint density at radius 3 is 2.35 bits per heavy atom. The predicted molar refractivity (Wildman–Crippen MR) is 76.7 cm³/mol. The molecule has 0 unspecified atom stereocenters. The summed E-state index contributed by atoms with van der Waals surface area (Å²) in [6.07, 6.45) is 0. The molecule has 2 aromatic rings. The Morgan fingerprint density at radius 2 is 1.80 bits per heavy atom. The van der Waals surface area contributed by atoms with Crippen LogP contribution in [0.2, 0.25) is 0 Å². The first-order chi connectivity index (χ1) is 9.45. The number of benzene rings is 2. The summed E-state index contributed by atoms with van der Waals surface area (Å²) in [5, 5.41) is 0. The molecule has 3 nitrogen and oxygen atoms in total. The third-order valence-electron chi connectivity index (χ3n) is 3.19. The van der Waals surface area contributed by atoms with Gasteiger partial charge in [-0.3, -0.25) is 4.79 Å². The van der Waals surface area contributed by atoms with Crippen molar-refractivity contribution in [3.8, 4) is 5.75 Å². The van der Waals surface area contributed by atoms with Gasteiger partial charge in [-0.25, -0.2) is 4.39 Å². The summed E-state index contributed by atoms with van der Waals surface area (Å²) in [6.45, 7) is 3.27. The number of hydrogen-bond acceptors (Lipinski definition) is 3. The lowest BCUT2D eigenvalue weighted by Crippen LogP contribution is -2.07. The number of nitrogen functional groups attached to an aromatic ring is 1. The minimum Gasteiger partial charge on any atom is -0.494 e. The molecule has 0 aromatic heterocycles. The summed E-state index contributed by atoms with van der Waals surface area (Å²) in [5.74, 6) is -0.182. The van der Waals surface area contributed by atoms with Crippen molar-refractivity contribution in [3.63, 3.8) is 0 Å². The summed E-state index contributed by atoms with van der Waals surface area (Å²) < 4.78 is 18.8. The number of halogens is 1. The van der Waals surface area contributed by atoms with Crippen LogP contribution in [0.25, 0.3) is 0 Å². The maximum atomic E-state index is 13.6. The average molecular weight is 273 g/mol. The Bertz CT molecular complexity index is 657. The minimum absolute atomic E-state index is 0.236. The molecule has 0 aliphatic rings. The van der Waals surface area contributed by atoms with E-state index in [9.17, 15) is 9.18 Å². The molecule has 2 rings (SSSR count). The van der Waals surface area contributed by atoms with Crippen LogP contribution < -0.4 is 10.5 Å². The second-order valence-corrected chi connectivity index (χ2v) is 4.68. The molecule has 104 valence electrons. The van der Waals surface area contributed by atoms with Crippen LogP contribution >= 0.6 is 0 Å². The third-order valence-corrected chi connectivity index (χ3v) is 3.19. The highest BCUT2D eigenvalue weighted by Crippen LogP contribution is 2.28.